The van der Waals surface area contributed by atoms with E-state index in [1.54, 1.807) is 7.11 Å². The summed E-state index contributed by atoms with van der Waals surface area (Å²) >= 11 is 0. The third-order valence-corrected chi connectivity index (χ3v) is 4.95. The summed E-state index contributed by atoms with van der Waals surface area (Å²) in [7, 11) is 1.68. The van der Waals surface area contributed by atoms with Gasteiger partial charge < -0.3 is 10.5 Å². The zero-order chi connectivity index (χ0) is 16.0. The standard InChI is InChI=1S/C18H22N4O/c1-11-16-17(19)21-14-9-8-13(23-2)10-15(14)22(16)18(20-11)12-6-4-3-5-7-12/h8-10,12H,3-7H2,1-2H3,(H2,19,21). The van der Waals surface area contributed by atoms with Crippen LogP contribution in [-0.4, -0.2) is 21.5 Å². The van der Waals surface area contributed by atoms with Gasteiger partial charge in [-0.15, -0.1) is 0 Å². The van der Waals surface area contributed by atoms with Crippen molar-refractivity contribution in [1.29, 1.82) is 0 Å². The molecule has 23 heavy (non-hydrogen) atoms. The number of imidazole rings is 1. The van der Waals surface area contributed by atoms with E-state index in [4.69, 9.17) is 15.5 Å². The number of benzene rings is 1. The summed E-state index contributed by atoms with van der Waals surface area (Å²) in [6, 6.07) is 5.91. The van der Waals surface area contributed by atoms with E-state index < -0.39 is 0 Å². The average Bonchev–Trinajstić information content (AvgIpc) is 2.94. The van der Waals surface area contributed by atoms with Crippen LogP contribution in [0.5, 0.6) is 5.75 Å². The molecule has 2 aromatic heterocycles. The lowest BCUT2D eigenvalue weighted by molar-refractivity contribution is 0.415. The van der Waals surface area contributed by atoms with Gasteiger partial charge in [0.15, 0.2) is 0 Å². The Kier molecular flexibility index (Phi) is 3.36. The minimum Gasteiger partial charge on any atom is -0.497 e. The molecule has 5 nitrogen and oxygen atoms in total. The van der Waals surface area contributed by atoms with Crippen LogP contribution in [0.3, 0.4) is 0 Å². The molecule has 0 bridgehead atoms. The second-order valence-corrected chi connectivity index (χ2v) is 6.43. The van der Waals surface area contributed by atoms with Crippen LogP contribution < -0.4 is 10.5 Å². The Labute approximate surface area is 135 Å². The molecule has 1 saturated carbocycles. The summed E-state index contributed by atoms with van der Waals surface area (Å²) < 4.78 is 7.61. The minimum absolute atomic E-state index is 0.501. The van der Waals surface area contributed by atoms with Crippen molar-refractivity contribution in [2.75, 3.05) is 12.8 Å². The average molecular weight is 310 g/mol. The fourth-order valence-corrected chi connectivity index (χ4v) is 3.82. The fraction of sp³-hybridized carbons (Fsp3) is 0.444. The van der Waals surface area contributed by atoms with Crippen LogP contribution in [0.15, 0.2) is 18.2 Å². The highest BCUT2D eigenvalue weighted by atomic mass is 16.5. The Balaban J connectivity index is 2.06. The van der Waals surface area contributed by atoms with Crippen molar-refractivity contribution < 1.29 is 4.74 Å². The summed E-state index contributed by atoms with van der Waals surface area (Å²) in [5.74, 6) is 3.01. The molecular formula is C18H22N4O. The zero-order valence-corrected chi connectivity index (χ0v) is 13.7. The van der Waals surface area contributed by atoms with Crippen molar-refractivity contribution in [1.82, 2.24) is 14.4 Å². The third-order valence-electron chi connectivity index (χ3n) is 4.95. The first-order valence-corrected chi connectivity index (χ1v) is 8.31. The molecule has 0 aliphatic heterocycles. The highest BCUT2D eigenvalue weighted by Crippen LogP contribution is 2.36. The van der Waals surface area contributed by atoms with Gasteiger partial charge in [-0.25, -0.2) is 9.97 Å². The van der Waals surface area contributed by atoms with Gasteiger partial charge in [0.05, 0.1) is 23.8 Å². The molecule has 3 aromatic rings. The van der Waals surface area contributed by atoms with Crippen LogP contribution in [0, 0.1) is 6.92 Å². The zero-order valence-electron chi connectivity index (χ0n) is 13.7. The monoisotopic (exact) mass is 310 g/mol. The molecule has 0 radical (unpaired) electrons. The summed E-state index contributed by atoms with van der Waals surface area (Å²) in [6.45, 7) is 2.02. The normalized spacial score (nSPS) is 16.3. The van der Waals surface area contributed by atoms with Crippen molar-refractivity contribution >= 4 is 22.4 Å². The number of rotatable bonds is 2. The number of fused-ring (bicyclic) bond motifs is 3. The number of aromatic nitrogens is 3. The number of hydrogen-bond acceptors (Lipinski definition) is 4. The Morgan fingerprint density at radius 3 is 2.70 bits per heavy atom. The lowest BCUT2D eigenvalue weighted by Crippen LogP contribution is -2.10. The molecule has 1 aromatic carbocycles. The second-order valence-electron chi connectivity index (χ2n) is 6.43. The van der Waals surface area contributed by atoms with Crippen molar-refractivity contribution in [3.05, 3.63) is 29.7 Å². The maximum absolute atomic E-state index is 6.23. The predicted molar refractivity (Wildman–Crippen MR) is 92.0 cm³/mol. The molecule has 0 saturated heterocycles. The first-order chi connectivity index (χ1) is 11.2. The Morgan fingerprint density at radius 1 is 1.17 bits per heavy atom. The maximum atomic E-state index is 6.23. The van der Waals surface area contributed by atoms with E-state index >= 15 is 0 Å². The van der Waals surface area contributed by atoms with Crippen molar-refractivity contribution in [2.24, 2.45) is 0 Å². The minimum atomic E-state index is 0.501. The number of anilines is 1. The van der Waals surface area contributed by atoms with Gasteiger partial charge in [-0.05, 0) is 31.9 Å². The molecule has 0 atom stereocenters. The first-order valence-electron chi connectivity index (χ1n) is 8.31. The highest BCUT2D eigenvalue weighted by molar-refractivity contribution is 5.86. The van der Waals surface area contributed by atoms with Crippen LogP contribution in [0.2, 0.25) is 0 Å². The number of ether oxygens (including phenoxy) is 1. The number of hydrogen-bond donors (Lipinski definition) is 1. The van der Waals surface area contributed by atoms with Crippen molar-refractivity contribution in [2.45, 2.75) is 44.9 Å². The number of aryl methyl sites for hydroxylation is 1. The summed E-state index contributed by atoms with van der Waals surface area (Å²) in [6.07, 6.45) is 6.29. The van der Waals surface area contributed by atoms with Crippen molar-refractivity contribution in [3.63, 3.8) is 0 Å². The maximum Gasteiger partial charge on any atom is 0.150 e. The van der Waals surface area contributed by atoms with Crippen LogP contribution in [-0.2, 0) is 0 Å². The Bertz CT molecular complexity index is 878. The SMILES string of the molecule is COc1ccc2nc(N)c3c(C)nc(C4CCCCC4)n3c2c1. The predicted octanol–water partition coefficient (Wildman–Crippen LogP) is 3.83. The van der Waals surface area contributed by atoms with E-state index in [0.29, 0.717) is 11.7 Å². The Morgan fingerprint density at radius 2 is 1.96 bits per heavy atom. The van der Waals surface area contributed by atoms with Crippen molar-refractivity contribution in [3.8, 4) is 5.75 Å². The van der Waals surface area contributed by atoms with Gasteiger partial charge in [-0.3, -0.25) is 4.40 Å². The van der Waals surface area contributed by atoms with Crippen LogP contribution in [0.4, 0.5) is 5.82 Å². The first kappa shape index (κ1) is 14.3. The van der Waals surface area contributed by atoms with Gasteiger partial charge in [-0.1, -0.05) is 19.3 Å². The molecule has 0 unspecified atom stereocenters. The van der Waals surface area contributed by atoms with E-state index in [1.807, 2.05) is 25.1 Å². The molecule has 1 aliphatic carbocycles. The van der Waals surface area contributed by atoms with Crippen LogP contribution in [0.25, 0.3) is 16.6 Å². The third kappa shape index (κ3) is 2.22. The van der Waals surface area contributed by atoms with Gasteiger partial charge in [-0.2, -0.15) is 0 Å². The van der Waals surface area contributed by atoms with Crippen LogP contribution >= 0.6 is 0 Å². The number of nitrogens with zero attached hydrogens (tertiary/aromatic N) is 3. The number of nitrogen functional groups attached to an aromatic ring is 1. The Hall–Kier alpha value is -2.30. The van der Waals surface area contributed by atoms with E-state index in [0.717, 1.165) is 33.8 Å². The van der Waals surface area contributed by atoms with Gasteiger partial charge in [0.2, 0.25) is 0 Å². The lowest BCUT2D eigenvalue weighted by atomic mass is 9.88. The lowest BCUT2D eigenvalue weighted by Gasteiger charge is -2.21. The van der Waals surface area contributed by atoms with E-state index in [1.165, 1.54) is 32.1 Å². The molecule has 1 aliphatic rings. The largest absolute Gasteiger partial charge is 0.497 e. The summed E-state index contributed by atoms with van der Waals surface area (Å²) in [5.41, 5.74) is 10.0. The molecular weight excluding hydrogens is 288 g/mol. The number of methoxy groups -OCH3 is 1. The summed E-state index contributed by atoms with van der Waals surface area (Å²) in [4.78, 5) is 9.44. The molecule has 4 rings (SSSR count). The van der Waals surface area contributed by atoms with Gasteiger partial charge in [0.1, 0.15) is 22.9 Å². The molecule has 0 amide bonds. The van der Waals surface area contributed by atoms with Gasteiger partial charge >= 0.3 is 0 Å². The summed E-state index contributed by atoms with van der Waals surface area (Å²) in [5, 5.41) is 0. The fourth-order valence-electron chi connectivity index (χ4n) is 3.82. The quantitative estimate of drug-likeness (QED) is 0.781. The topological polar surface area (TPSA) is 65.4 Å². The molecule has 5 heteroatoms. The van der Waals surface area contributed by atoms with Gasteiger partial charge in [0.25, 0.3) is 0 Å². The molecule has 2 N–H and O–H groups in total. The van der Waals surface area contributed by atoms with E-state index in [-0.39, 0.29) is 0 Å². The molecule has 0 spiro atoms. The van der Waals surface area contributed by atoms with E-state index in [2.05, 4.69) is 9.38 Å². The highest BCUT2D eigenvalue weighted by Gasteiger charge is 2.24. The smallest absolute Gasteiger partial charge is 0.150 e. The molecule has 2 heterocycles. The second kappa shape index (κ2) is 5.41. The molecule has 1 fully saturated rings. The number of nitrogens with two attached hydrogens (primary N) is 1. The van der Waals surface area contributed by atoms with Gasteiger partial charge in [0, 0.05) is 12.0 Å². The molecule has 120 valence electrons. The van der Waals surface area contributed by atoms with Crippen LogP contribution in [0.1, 0.15) is 49.5 Å². The van der Waals surface area contributed by atoms with E-state index in [9.17, 15) is 0 Å².